The molecule has 1 N–H and O–H groups in total. The minimum absolute atomic E-state index is 0.124. The maximum Gasteiger partial charge on any atom is 0.321 e. The molecule has 0 atom stereocenters. The van der Waals surface area contributed by atoms with Gasteiger partial charge in [-0.3, -0.25) is 0 Å². The lowest BCUT2D eigenvalue weighted by molar-refractivity contribution is 0.215. The third kappa shape index (κ3) is 4.02. The zero-order chi connectivity index (χ0) is 22.2. The van der Waals surface area contributed by atoms with Crippen molar-refractivity contribution in [2.45, 2.75) is 13.3 Å². The zero-order valence-corrected chi connectivity index (χ0v) is 20.0. The Labute approximate surface area is 199 Å². The van der Waals surface area contributed by atoms with Gasteiger partial charge in [-0.2, -0.15) is 0 Å². The van der Waals surface area contributed by atoms with Gasteiger partial charge in [-0.25, -0.2) is 9.78 Å². The van der Waals surface area contributed by atoms with Gasteiger partial charge in [0, 0.05) is 36.8 Å². The van der Waals surface area contributed by atoms with Gasteiger partial charge in [0.1, 0.15) is 0 Å². The van der Waals surface area contributed by atoms with Gasteiger partial charge in [-0.15, -0.1) is 0 Å². The Hall–Kier alpha value is -2.77. The standard InChI is InChI=1S/C24H23BrClN5O/c1-16-5-7-19(18(26)14-16)28-24(32)30-10-3-9-29(12-13-30)23-22-4-2-11-31(22)21-8-6-17(25)15-20(21)27-23/h2,4-8,11,14-15H,3,9-10,12-13H2,1H3,(H,28,32). The second-order valence-electron chi connectivity index (χ2n) is 8.07. The van der Waals surface area contributed by atoms with E-state index in [0.717, 1.165) is 45.4 Å². The average molecular weight is 513 g/mol. The predicted octanol–water partition coefficient (Wildman–Crippen LogP) is 5.96. The van der Waals surface area contributed by atoms with Gasteiger partial charge in [0.15, 0.2) is 5.82 Å². The quantitative estimate of drug-likeness (QED) is 0.361. The van der Waals surface area contributed by atoms with E-state index in [2.05, 4.69) is 48.9 Å². The van der Waals surface area contributed by atoms with Gasteiger partial charge in [0.05, 0.1) is 27.3 Å². The molecule has 1 aliphatic rings. The number of aryl methyl sites for hydroxylation is 1. The number of carbonyl (C=O) groups is 1. The Balaban J connectivity index is 1.37. The largest absolute Gasteiger partial charge is 0.353 e. The number of nitrogens with one attached hydrogen (secondary N) is 1. The molecule has 8 heteroatoms. The van der Waals surface area contributed by atoms with Gasteiger partial charge in [-0.1, -0.05) is 33.6 Å². The first-order chi connectivity index (χ1) is 15.5. The number of anilines is 2. The Bertz CT molecular complexity index is 1320. The van der Waals surface area contributed by atoms with E-state index in [-0.39, 0.29) is 6.03 Å². The molecule has 4 aromatic rings. The van der Waals surface area contributed by atoms with Crippen molar-refractivity contribution in [2.75, 3.05) is 36.4 Å². The topological polar surface area (TPSA) is 52.9 Å². The third-order valence-electron chi connectivity index (χ3n) is 5.85. The molecule has 2 aromatic carbocycles. The Kier molecular flexibility index (Phi) is 5.69. The fraction of sp³-hybridized carbons (Fsp3) is 0.250. The lowest BCUT2D eigenvalue weighted by Gasteiger charge is -2.24. The van der Waals surface area contributed by atoms with Crippen molar-refractivity contribution in [1.29, 1.82) is 0 Å². The molecule has 0 spiro atoms. The first kappa shape index (κ1) is 21.1. The number of benzene rings is 2. The van der Waals surface area contributed by atoms with E-state index in [9.17, 15) is 4.79 Å². The number of halogens is 2. The first-order valence-electron chi connectivity index (χ1n) is 10.6. The van der Waals surface area contributed by atoms with Crippen LogP contribution in [-0.2, 0) is 0 Å². The van der Waals surface area contributed by atoms with Crippen LogP contribution in [0, 0.1) is 6.92 Å². The van der Waals surface area contributed by atoms with Gasteiger partial charge in [0.2, 0.25) is 0 Å². The van der Waals surface area contributed by atoms with Crippen LogP contribution in [0.15, 0.2) is 59.2 Å². The van der Waals surface area contributed by atoms with Crippen LogP contribution in [0.2, 0.25) is 5.02 Å². The number of amides is 2. The van der Waals surface area contributed by atoms with Crippen molar-refractivity contribution in [1.82, 2.24) is 14.3 Å². The maximum atomic E-state index is 12.9. The summed E-state index contributed by atoms with van der Waals surface area (Å²) in [7, 11) is 0. The number of carbonyl (C=O) groups excluding carboxylic acids is 1. The molecule has 5 rings (SSSR count). The summed E-state index contributed by atoms with van der Waals surface area (Å²) in [6.45, 7) is 4.82. The van der Waals surface area contributed by atoms with Crippen molar-refractivity contribution in [3.63, 3.8) is 0 Å². The van der Waals surface area contributed by atoms with Crippen molar-refractivity contribution in [3.05, 3.63) is 69.8 Å². The second-order valence-corrected chi connectivity index (χ2v) is 9.40. The molecular formula is C24H23BrClN5O. The summed E-state index contributed by atoms with van der Waals surface area (Å²) >= 11 is 9.85. The van der Waals surface area contributed by atoms with Gasteiger partial charge < -0.3 is 19.5 Å². The van der Waals surface area contributed by atoms with Crippen LogP contribution >= 0.6 is 27.5 Å². The van der Waals surface area contributed by atoms with E-state index in [0.29, 0.717) is 30.3 Å². The minimum Gasteiger partial charge on any atom is -0.353 e. The molecule has 0 bridgehead atoms. The first-order valence-corrected chi connectivity index (χ1v) is 11.8. The van der Waals surface area contributed by atoms with Gasteiger partial charge in [0.25, 0.3) is 0 Å². The summed E-state index contributed by atoms with van der Waals surface area (Å²) in [6.07, 6.45) is 2.93. The van der Waals surface area contributed by atoms with Gasteiger partial charge >= 0.3 is 6.03 Å². The molecule has 0 unspecified atom stereocenters. The smallest absolute Gasteiger partial charge is 0.321 e. The number of fused-ring (bicyclic) bond motifs is 3. The number of nitrogens with zero attached hydrogens (tertiary/aromatic N) is 4. The monoisotopic (exact) mass is 511 g/mol. The summed E-state index contributed by atoms with van der Waals surface area (Å²) in [5.41, 5.74) is 4.78. The molecule has 6 nitrogen and oxygen atoms in total. The van der Waals surface area contributed by atoms with E-state index in [1.54, 1.807) is 0 Å². The second kappa shape index (κ2) is 8.64. The van der Waals surface area contributed by atoms with Crippen LogP contribution in [0.25, 0.3) is 16.6 Å². The molecule has 3 heterocycles. The van der Waals surface area contributed by atoms with E-state index in [1.165, 1.54) is 0 Å². The highest BCUT2D eigenvalue weighted by atomic mass is 79.9. The predicted molar refractivity (Wildman–Crippen MR) is 134 cm³/mol. The van der Waals surface area contributed by atoms with Crippen LogP contribution in [0.5, 0.6) is 0 Å². The molecule has 1 fully saturated rings. The Morgan fingerprint density at radius 2 is 1.94 bits per heavy atom. The minimum atomic E-state index is -0.124. The van der Waals surface area contributed by atoms with E-state index in [4.69, 9.17) is 16.6 Å². The number of urea groups is 1. The Morgan fingerprint density at radius 1 is 1.06 bits per heavy atom. The van der Waals surface area contributed by atoms with Gasteiger partial charge in [-0.05, 0) is 61.4 Å². The number of hydrogen-bond acceptors (Lipinski definition) is 3. The van der Waals surface area contributed by atoms with Crippen LogP contribution in [-0.4, -0.2) is 46.5 Å². The molecular weight excluding hydrogens is 490 g/mol. The summed E-state index contributed by atoms with van der Waals surface area (Å²) < 4.78 is 3.18. The SMILES string of the molecule is Cc1ccc(NC(=O)N2CCCN(c3nc4cc(Br)ccc4n4cccc34)CC2)c(Cl)c1. The van der Waals surface area contributed by atoms with Crippen LogP contribution < -0.4 is 10.2 Å². The maximum absolute atomic E-state index is 12.9. The highest BCUT2D eigenvalue weighted by Crippen LogP contribution is 2.28. The molecule has 164 valence electrons. The van der Waals surface area contributed by atoms with Crippen molar-refractivity contribution in [3.8, 4) is 0 Å². The third-order valence-corrected chi connectivity index (χ3v) is 6.66. The van der Waals surface area contributed by atoms with Crippen molar-refractivity contribution >= 4 is 61.6 Å². The van der Waals surface area contributed by atoms with Crippen LogP contribution in [0.4, 0.5) is 16.3 Å². The fourth-order valence-corrected chi connectivity index (χ4v) is 4.85. The number of hydrogen-bond donors (Lipinski definition) is 1. The highest BCUT2D eigenvalue weighted by Gasteiger charge is 2.22. The molecule has 1 aliphatic heterocycles. The average Bonchev–Trinajstić information content (AvgIpc) is 3.12. The summed E-state index contributed by atoms with van der Waals surface area (Å²) in [4.78, 5) is 22.0. The molecule has 0 aliphatic carbocycles. The normalized spacial score (nSPS) is 14.7. The number of rotatable bonds is 2. The van der Waals surface area contributed by atoms with E-state index < -0.39 is 0 Å². The van der Waals surface area contributed by atoms with E-state index in [1.807, 2.05) is 48.2 Å². The van der Waals surface area contributed by atoms with E-state index >= 15 is 0 Å². The Morgan fingerprint density at radius 3 is 2.78 bits per heavy atom. The fourth-order valence-electron chi connectivity index (χ4n) is 4.22. The lowest BCUT2D eigenvalue weighted by atomic mass is 10.2. The molecule has 0 radical (unpaired) electrons. The molecule has 2 amide bonds. The summed E-state index contributed by atoms with van der Waals surface area (Å²) in [5, 5.41) is 3.51. The molecule has 0 saturated carbocycles. The highest BCUT2D eigenvalue weighted by molar-refractivity contribution is 9.10. The lowest BCUT2D eigenvalue weighted by Crippen LogP contribution is -2.38. The van der Waals surface area contributed by atoms with Crippen LogP contribution in [0.3, 0.4) is 0 Å². The zero-order valence-electron chi connectivity index (χ0n) is 17.7. The summed E-state index contributed by atoms with van der Waals surface area (Å²) in [5.74, 6) is 0.949. The van der Waals surface area contributed by atoms with Crippen LogP contribution in [0.1, 0.15) is 12.0 Å². The number of aromatic nitrogens is 2. The molecule has 32 heavy (non-hydrogen) atoms. The van der Waals surface area contributed by atoms with Crippen molar-refractivity contribution < 1.29 is 4.79 Å². The molecule has 2 aromatic heterocycles. The van der Waals surface area contributed by atoms with Crippen molar-refractivity contribution in [2.24, 2.45) is 0 Å². The summed E-state index contributed by atoms with van der Waals surface area (Å²) in [6, 6.07) is 15.8. The molecule has 1 saturated heterocycles.